The largest absolute Gasteiger partial charge is 0.313 e. The quantitative estimate of drug-likeness (QED) is 0.891. The first kappa shape index (κ1) is 15.7. The second kappa shape index (κ2) is 6.73. The van der Waals surface area contributed by atoms with Crippen molar-refractivity contribution in [3.63, 3.8) is 0 Å². The molecule has 0 amide bonds. The summed E-state index contributed by atoms with van der Waals surface area (Å²) in [5.41, 5.74) is 0. The zero-order valence-corrected chi connectivity index (χ0v) is 12.1. The number of sulfonamides is 1. The van der Waals surface area contributed by atoms with Crippen molar-refractivity contribution in [3.8, 4) is 0 Å². The molecule has 2 rings (SSSR count). The molecule has 4 nitrogen and oxygen atoms in total. The van der Waals surface area contributed by atoms with E-state index in [4.69, 9.17) is 11.6 Å². The van der Waals surface area contributed by atoms with Gasteiger partial charge in [0.15, 0.2) is 0 Å². The van der Waals surface area contributed by atoms with Crippen molar-refractivity contribution < 1.29 is 8.42 Å². The van der Waals surface area contributed by atoms with Crippen LogP contribution in [-0.2, 0) is 10.0 Å². The van der Waals surface area contributed by atoms with Gasteiger partial charge in [-0.1, -0.05) is 17.7 Å². The van der Waals surface area contributed by atoms with E-state index in [-0.39, 0.29) is 23.3 Å². The molecule has 1 atom stereocenters. The van der Waals surface area contributed by atoms with E-state index in [0.29, 0.717) is 11.6 Å². The average molecular weight is 311 g/mol. The molecule has 1 heterocycles. The van der Waals surface area contributed by atoms with Gasteiger partial charge in [-0.2, -0.15) is 0 Å². The van der Waals surface area contributed by atoms with Gasteiger partial charge in [-0.15, -0.1) is 12.4 Å². The number of hydrogen-bond acceptors (Lipinski definition) is 3. The SMILES string of the molecule is Cl.O=S(=O)(NCC1CCCN1)c1cccc(Cl)c1. The minimum Gasteiger partial charge on any atom is -0.313 e. The van der Waals surface area contributed by atoms with Crippen LogP contribution in [0.4, 0.5) is 0 Å². The lowest BCUT2D eigenvalue weighted by Gasteiger charge is -2.12. The van der Waals surface area contributed by atoms with Gasteiger partial charge in [-0.05, 0) is 37.6 Å². The lowest BCUT2D eigenvalue weighted by molar-refractivity contribution is 0.552. The van der Waals surface area contributed by atoms with Crippen molar-refractivity contribution >= 4 is 34.0 Å². The molecule has 1 fully saturated rings. The fourth-order valence-electron chi connectivity index (χ4n) is 1.86. The molecule has 18 heavy (non-hydrogen) atoms. The van der Waals surface area contributed by atoms with Crippen molar-refractivity contribution in [3.05, 3.63) is 29.3 Å². The highest BCUT2D eigenvalue weighted by Crippen LogP contribution is 2.15. The van der Waals surface area contributed by atoms with Crippen LogP contribution in [0, 0.1) is 0 Å². The van der Waals surface area contributed by atoms with Gasteiger partial charge < -0.3 is 5.32 Å². The summed E-state index contributed by atoms with van der Waals surface area (Å²) < 4.78 is 26.5. The van der Waals surface area contributed by atoms with Crippen LogP contribution in [0.3, 0.4) is 0 Å². The molecule has 0 bridgehead atoms. The van der Waals surface area contributed by atoms with Crippen LogP contribution in [0.1, 0.15) is 12.8 Å². The summed E-state index contributed by atoms with van der Waals surface area (Å²) >= 11 is 5.77. The number of benzene rings is 1. The summed E-state index contributed by atoms with van der Waals surface area (Å²) in [7, 11) is -3.44. The zero-order valence-electron chi connectivity index (χ0n) is 9.73. The van der Waals surface area contributed by atoms with Crippen LogP contribution in [0.15, 0.2) is 29.2 Å². The first-order valence-electron chi connectivity index (χ1n) is 5.56. The summed E-state index contributed by atoms with van der Waals surface area (Å²) in [4.78, 5) is 0.211. The highest BCUT2D eigenvalue weighted by Gasteiger charge is 2.19. The number of rotatable bonds is 4. The maximum atomic E-state index is 11.9. The summed E-state index contributed by atoms with van der Waals surface area (Å²) in [5.74, 6) is 0. The third kappa shape index (κ3) is 4.10. The minimum absolute atomic E-state index is 0. The Bertz CT molecular complexity index is 488. The van der Waals surface area contributed by atoms with Crippen LogP contribution in [0.2, 0.25) is 5.02 Å². The normalized spacial score (nSPS) is 19.5. The molecule has 1 aromatic carbocycles. The first-order chi connectivity index (χ1) is 8.08. The highest BCUT2D eigenvalue weighted by molar-refractivity contribution is 7.89. The molecular weight excluding hydrogens is 295 g/mol. The Morgan fingerprint density at radius 2 is 2.22 bits per heavy atom. The summed E-state index contributed by atoms with van der Waals surface area (Å²) in [5, 5.41) is 3.66. The lowest BCUT2D eigenvalue weighted by atomic mass is 10.2. The summed E-state index contributed by atoms with van der Waals surface area (Å²) in [6, 6.07) is 6.51. The number of halogens is 2. The van der Waals surface area contributed by atoms with Gasteiger partial charge in [0.25, 0.3) is 0 Å². The second-order valence-electron chi connectivity index (χ2n) is 4.10. The molecule has 0 aromatic heterocycles. The predicted octanol–water partition coefficient (Wildman–Crippen LogP) is 1.79. The summed E-state index contributed by atoms with van der Waals surface area (Å²) in [6.07, 6.45) is 2.11. The van der Waals surface area contributed by atoms with E-state index < -0.39 is 10.0 Å². The van der Waals surface area contributed by atoms with E-state index >= 15 is 0 Å². The fraction of sp³-hybridized carbons (Fsp3) is 0.455. The second-order valence-corrected chi connectivity index (χ2v) is 6.31. The molecule has 1 aliphatic heterocycles. The molecule has 1 aliphatic rings. The van der Waals surface area contributed by atoms with Gasteiger partial charge in [-0.25, -0.2) is 13.1 Å². The molecule has 0 saturated carbocycles. The molecule has 0 aliphatic carbocycles. The molecule has 102 valence electrons. The van der Waals surface area contributed by atoms with Gasteiger partial charge in [0, 0.05) is 17.6 Å². The highest BCUT2D eigenvalue weighted by atomic mass is 35.5. The lowest BCUT2D eigenvalue weighted by Crippen LogP contribution is -2.37. The van der Waals surface area contributed by atoms with Crippen molar-refractivity contribution in [2.45, 2.75) is 23.8 Å². The van der Waals surface area contributed by atoms with Gasteiger partial charge >= 0.3 is 0 Å². The van der Waals surface area contributed by atoms with Crippen molar-refractivity contribution in [2.24, 2.45) is 0 Å². The molecule has 1 unspecified atom stereocenters. The van der Waals surface area contributed by atoms with E-state index in [0.717, 1.165) is 19.4 Å². The van der Waals surface area contributed by atoms with E-state index in [2.05, 4.69) is 10.0 Å². The maximum absolute atomic E-state index is 11.9. The predicted molar refractivity (Wildman–Crippen MR) is 74.9 cm³/mol. The average Bonchev–Trinajstić information content (AvgIpc) is 2.79. The Morgan fingerprint density at radius 3 is 2.83 bits per heavy atom. The standard InChI is InChI=1S/C11H15ClN2O2S.ClH/c12-9-3-1-5-11(7-9)17(15,16)14-8-10-4-2-6-13-10;/h1,3,5,7,10,13-14H,2,4,6,8H2;1H. The number of hydrogen-bond donors (Lipinski definition) is 2. The van der Waals surface area contributed by atoms with Gasteiger partial charge in [-0.3, -0.25) is 0 Å². The topological polar surface area (TPSA) is 58.2 Å². The molecule has 1 aromatic rings. The van der Waals surface area contributed by atoms with E-state index in [1.54, 1.807) is 12.1 Å². The van der Waals surface area contributed by atoms with Gasteiger partial charge in [0.1, 0.15) is 0 Å². The third-order valence-electron chi connectivity index (χ3n) is 2.79. The van der Waals surface area contributed by atoms with E-state index in [1.165, 1.54) is 12.1 Å². The Labute approximate surface area is 119 Å². The Hall–Kier alpha value is -0.330. The first-order valence-corrected chi connectivity index (χ1v) is 7.43. The monoisotopic (exact) mass is 310 g/mol. The van der Waals surface area contributed by atoms with Crippen molar-refractivity contribution in [2.75, 3.05) is 13.1 Å². The molecule has 0 radical (unpaired) electrons. The zero-order chi connectivity index (χ0) is 12.3. The Balaban J connectivity index is 0.00000162. The molecule has 1 saturated heterocycles. The molecule has 0 spiro atoms. The smallest absolute Gasteiger partial charge is 0.240 e. The number of nitrogens with one attached hydrogen (secondary N) is 2. The Morgan fingerprint density at radius 1 is 1.44 bits per heavy atom. The third-order valence-corrected chi connectivity index (χ3v) is 4.44. The van der Waals surface area contributed by atoms with Crippen LogP contribution in [-0.4, -0.2) is 27.5 Å². The van der Waals surface area contributed by atoms with Crippen LogP contribution < -0.4 is 10.0 Å². The van der Waals surface area contributed by atoms with Crippen molar-refractivity contribution in [1.29, 1.82) is 0 Å². The van der Waals surface area contributed by atoms with E-state index in [1.807, 2.05) is 0 Å². The van der Waals surface area contributed by atoms with Gasteiger partial charge in [0.2, 0.25) is 10.0 Å². The van der Waals surface area contributed by atoms with Crippen molar-refractivity contribution in [1.82, 2.24) is 10.0 Å². The van der Waals surface area contributed by atoms with Crippen LogP contribution in [0.25, 0.3) is 0 Å². The molecular formula is C11H16Cl2N2O2S. The van der Waals surface area contributed by atoms with Gasteiger partial charge in [0.05, 0.1) is 4.90 Å². The minimum atomic E-state index is -3.44. The maximum Gasteiger partial charge on any atom is 0.240 e. The van der Waals surface area contributed by atoms with E-state index in [9.17, 15) is 8.42 Å². The summed E-state index contributed by atoms with van der Waals surface area (Å²) in [6.45, 7) is 1.39. The van der Waals surface area contributed by atoms with Crippen LogP contribution >= 0.6 is 24.0 Å². The van der Waals surface area contributed by atoms with Crippen LogP contribution in [0.5, 0.6) is 0 Å². The molecule has 2 N–H and O–H groups in total. The molecule has 7 heteroatoms. The Kier molecular flexibility index (Phi) is 5.88. The fourth-order valence-corrected chi connectivity index (χ4v) is 3.24.